The van der Waals surface area contributed by atoms with Crippen LogP contribution in [0.25, 0.3) is 0 Å². The van der Waals surface area contributed by atoms with Gasteiger partial charge in [-0.15, -0.1) is 0 Å². The highest BCUT2D eigenvalue weighted by molar-refractivity contribution is 9.10. The van der Waals surface area contributed by atoms with Crippen LogP contribution in [0.5, 0.6) is 0 Å². The third-order valence-corrected chi connectivity index (χ3v) is 6.23. The van der Waals surface area contributed by atoms with Gasteiger partial charge in [0, 0.05) is 21.8 Å². The van der Waals surface area contributed by atoms with Crippen molar-refractivity contribution >= 4 is 56.1 Å². The number of carbonyl (C=O) groups is 1. The zero-order valence-electron chi connectivity index (χ0n) is 13.7. The molecule has 0 spiro atoms. The van der Waals surface area contributed by atoms with Gasteiger partial charge in [-0.25, -0.2) is 10.4 Å². The summed E-state index contributed by atoms with van der Waals surface area (Å²) in [5.74, 6) is 0.485. The van der Waals surface area contributed by atoms with Crippen LogP contribution in [0.3, 0.4) is 0 Å². The summed E-state index contributed by atoms with van der Waals surface area (Å²) in [6, 6.07) is 15.4. The molecule has 2 aliphatic rings. The number of rotatable bonds is 3. The zero-order valence-corrected chi connectivity index (χ0v) is 16.8. The van der Waals surface area contributed by atoms with Crippen molar-refractivity contribution in [2.75, 3.05) is 11.4 Å². The number of thioether (sulfide) groups is 1. The molecule has 26 heavy (non-hydrogen) atoms. The summed E-state index contributed by atoms with van der Waals surface area (Å²) in [5.41, 5.74) is 7.95. The number of fused-ring (bicyclic) bond motifs is 1. The minimum atomic E-state index is -0.233. The predicted octanol–water partition coefficient (Wildman–Crippen LogP) is 3.79. The van der Waals surface area contributed by atoms with Gasteiger partial charge in [0.1, 0.15) is 6.17 Å². The molecule has 4 rings (SSSR count). The maximum Gasteiger partial charge on any atom is 0.241 e. The van der Waals surface area contributed by atoms with E-state index in [4.69, 9.17) is 16.6 Å². The predicted molar refractivity (Wildman–Crippen MR) is 110 cm³/mol. The Morgan fingerprint density at radius 3 is 2.77 bits per heavy atom. The van der Waals surface area contributed by atoms with Gasteiger partial charge in [0.2, 0.25) is 5.91 Å². The van der Waals surface area contributed by atoms with E-state index in [1.165, 1.54) is 11.8 Å². The number of hydrogen-bond donors (Lipinski definition) is 2. The lowest BCUT2D eigenvalue weighted by Gasteiger charge is -2.32. The van der Waals surface area contributed by atoms with Crippen LogP contribution < -0.4 is 15.8 Å². The SMILES string of the molecule is O=C1C2CNNC2N=C(SCc2ccccc2Cl)N1c1ccc(Br)cc1. The number of amidine groups is 1. The Hall–Kier alpha value is -1.38. The number of hydrogen-bond acceptors (Lipinski definition) is 5. The molecule has 2 aliphatic heterocycles. The van der Waals surface area contributed by atoms with Gasteiger partial charge < -0.3 is 0 Å². The van der Waals surface area contributed by atoms with Gasteiger partial charge in [0.05, 0.1) is 11.6 Å². The van der Waals surface area contributed by atoms with E-state index >= 15 is 0 Å². The Kier molecular flexibility index (Phi) is 5.33. The molecule has 2 unspecified atom stereocenters. The third kappa shape index (κ3) is 3.54. The number of hydrazine groups is 1. The first kappa shape index (κ1) is 18.0. The summed E-state index contributed by atoms with van der Waals surface area (Å²) in [4.78, 5) is 19.6. The van der Waals surface area contributed by atoms with Crippen molar-refractivity contribution in [1.82, 2.24) is 10.9 Å². The topological polar surface area (TPSA) is 56.7 Å². The number of benzene rings is 2. The highest BCUT2D eigenvalue weighted by Crippen LogP contribution is 2.32. The van der Waals surface area contributed by atoms with Gasteiger partial charge in [0.25, 0.3) is 0 Å². The number of anilines is 1. The Balaban J connectivity index is 1.65. The zero-order chi connectivity index (χ0) is 18.1. The van der Waals surface area contributed by atoms with Crippen LogP contribution >= 0.6 is 39.3 Å². The van der Waals surface area contributed by atoms with E-state index in [1.54, 1.807) is 4.90 Å². The van der Waals surface area contributed by atoms with Crippen LogP contribution in [0.2, 0.25) is 5.02 Å². The molecular weight excluding hydrogens is 436 g/mol. The Morgan fingerprint density at radius 2 is 2.00 bits per heavy atom. The summed E-state index contributed by atoms with van der Waals surface area (Å²) < 4.78 is 0.968. The molecule has 1 saturated heterocycles. The minimum absolute atomic E-state index is 0.0477. The largest absolute Gasteiger partial charge is 0.274 e. The molecule has 2 aromatic carbocycles. The lowest BCUT2D eigenvalue weighted by atomic mass is 10.0. The molecule has 5 nitrogen and oxygen atoms in total. The molecule has 2 N–H and O–H groups in total. The van der Waals surface area contributed by atoms with Crippen molar-refractivity contribution in [2.24, 2.45) is 10.9 Å². The molecule has 0 aliphatic carbocycles. The van der Waals surface area contributed by atoms with Gasteiger partial charge in [0.15, 0.2) is 5.17 Å². The first-order valence-corrected chi connectivity index (χ1v) is 10.3. The lowest BCUT2D eigenvalue weighted by Crippen LogP contribution is -2.49. The maximum atomic E-state index is 13.1. The van der Waals surface area contributed by atoms with Crippen molar-refractivity contribution in [1.29, 1.82) is 0 Å². The van der Waals surface area contributed by atoms with E-state index in [0.717, 1.165) is 20.7 Å². The molecule has 1 amide bonds. The number of carbonyl (C=O) groups excluding carboxylic acids is 1. The molecule has 134 valence electrons. The van der Waals surface area contributed by atoms with Gasteiger partial charge in [-0.2, -0.15) is 0 Å². The molecule has 2 heterocycles. The number of nitrogens with zero attached hydrogens (tertiary/aromatic N) is 2. The maximum absolute atomic E-state index is 13.1. The van der Waals surface area contributed by atoms with Crippen LogP contribution in [0.15, 0.2) is 58.0 Å². The molecular formula is C18H16BrClN4OS. The molecule has 0 radical (unpaired) electrons. The monoisotopic (exact) mass is 450 g/mol. The fourth-order valence-electron chi connectivity index (χ4n) is 2.95. The van der Waals surface area contributed by atoms with Crippen LogP contribution in [0.4, 0.5) is 5.69 Å². The fraction of sp³-hybridized carbons (Fsp3) is 0.222. The van der Waals surface area contributed by atoms with Gasteiger partial charge >= 0.3 is 0 Å². The van der Waals surface area contributed by atoms with E-state index in [0.29, 0.717) is 17.5 Å². The summed E-state index contributed by atoms with van der Waals surface area (Å²) in [5, 5.41) is 1.39. The third-order valence-electron chi connectivity index (χ3n) is 4.33. The number of aliphatic imine (C=N–C) groups is 1. The average Bonchev–Trinajstić information content (AvgIpc) is 3.11. The molecule has 0 bridgehead atoms. The van der Waals surface area contributed by atoms with Gasteiger partial charge in [-0.1, -0.05) is 57.5 Å². The second-order valence-electron chi connectivity index (χ2n) is 6.02. The fourth-order valence-corrected chi connectivity index (χ4v) is 4.55. The summed E-state index contributed by atoms with van der Waals surface area (Å²) in [6.07, 6.45) is -0.233. The highest BCUT2D eigenvalue weighted by atomic mass is 79.9. The van der Waals surface area contributed by atoms with Crippen LogP contribution in [-0.4, -0.2) is 23.8 Å². The molecule has 0 aromatic heterocycles. The van der Waals surface area contributed by atoms with Crippen LogP contribution in [0.1, 0.15) is 5.56 Å². The lowest BCUT2D eigenvalue weighted by molar-refractivity contribution is -0.121. The summed E-state index contributed by atoms with van der Waals surface area (Å²) in [6.45, 7) is 0.572. The van der Waals surface area contributed by atoms with Crippen molar-refractivity contribution in [3.63, 3.8) is 0 Å². The second kappa shape index (κ2) is 7.70. The number of halogens is 2. The van der Waals surface area contributed by atoms with E-state index in [1.807, 2.05) is 48.5 Å². The Labute approximate surface area is 169 Å². The van der Waals surface area contributed by atoms with Crippen LogP contribution in [-0.2, 0) is 10.5 Å². The summed E-state index contributed by atoms with van der Waals surface area (Å²) in [7, 11) is 0. The highest BCUT2D eigenvalue weighted by Gasteiger charge is 2.42. The Bertz CT molecular complexity index is 861. The van der Waals surface area contributed by atoms with Crippen molar-refractivity contribution in [3.8, 4) is 0 Å². The van der Waals surface area contributed by atoms with Gasteiger partial charge in [-0.05, 0) is 35.9 Å². The van der Waals surface area contributed by atoms with Crippen molar-refractivity contribution in [2.45, 2.75) is 11.9 Å². The standard InChI is InChI=1S/C18H16BrClN4OS/c19-12-5-7-13(8-6-12)24-17(25)14-9-21-23-16(14)22-18(24)26-10-11-3-1-2-4-15(11)20/h1-8,14,16,21,23H,9-10H2. The normalized spacial score (nSPS) is 22.3. The second-order valence-corrected chi connectivity index (χ2v) is 8.28. The molecule has 8 heteroatoms. The molecule has 1 fully saturated rings. The van der Waals surface area contributed by atoms with Crippen molar-refractivity contribution < 1.29 is 4.79 Å². The smallest absolute Gasteiger partial charge is 0.241 e. The Morgan fingerprint density at radius 1 is 1.23 bits per heavy atom. The van der Waals surface area contributed by atoms with E-state index in [2.05, 4.69) is 26.8 Å². The average molecular weight is 452 g/mol. The first-order chi connectivity index (χ1) is 12.6. The summed E-state index contributed by atoms with van der Waals surface area (Å²) >= 11 is 11.2. The van der Waals surface area contributed by atoms with Crippen molar-refractivity contribution in [3.05, 3.63) is 63.6 Å². The number of amides is 1. The van der Waals surface area contributed by atoms with E-state index in [-0.39, 0.29) is 18.0 Å². The van der Waals surface area contributed by atoms with E-state index in [9.17, 15) is 4.79 Å². The van der Waals surface area contributed by atoms with E-state index < -0.39 is 0 Å². The minimum Gasteiger partial charge on any atom is -0.274 e. The molecule has 0 saturated carbocycles. The van der Waals surface area contributed by atoms with Gasteiger partial charge in [-0.3, -0.25) is 15.1 Å². The molecule has 2 aromatic rings. The van der Waals surface area contributed by atoms with Crippen LogP contribution in [0, 0.1) is 5.92 Å². The molecule has 2 atom stereocenters. The number of nitrogens with one attached hydrogen (secondary N) is 2. The first-order valence-electron chi connectivity index (χ1n) is 8.15. The quantitative estimate of drug-likeness (QED) is 0.745.